The summed E-state index contributed by atoms with van der Waals surface area (Å²) in [6.07, 6.45) is 0.780. The molecule has 28 heavy (non-hydrogen) atoms. The molecule has 0 saturated carbocycles. The molecule has 2 aromatic heterocycles. The van der Waals surface area contributed by atoms with Gasteiger partial charge >= 0.3 is 5.69 Å². The lowest BCUT2D eigenvalue weighted by Gasteiger charge is -2.30. The van der Waals surface area contributed by atoms with Crippen molar-refractivity contribution in [1.82, 2.24) is 18.7 Å². The number of aryl methyl sites for hydroxylation is 2. The third-order valence-corrected chi connectivity index (χ3v) is 5.47. The van der Waals surface area contributed by atoms with Crippen molar-refractivity contribution in [1.29, 1.82) is 0 Å². The number of hydrogen-bond acceptors (Lipinski definition) is 5. The van der Waals surface area contributed by atoms with Gasteiger partial charge in [-0.3, -0.25) is 14.2 Å². The van der Waals surface area contributed by atoms with Gasteiger partial charge in [-0.15, -0.1) is 0 Å². The molecule has 0 atom stereocenters. The fourth-order valence-electron chi connectivity index (χ4n) is 3.68. The molecule has 9 nitrogen and oxygen atoms in total. The topological polar surface area (TPSA) is 108 Å². The number of carbonyl (C=O) groups is 1. The number of primary amides is 1. The zero-order chi connectivity index (χ0) is 20.2. The van der Waals surface area contributed by atoms with Gasteiger partial charge < -0.3 is 15.2 Å². The number of aromatic nitrogens is 4. The third-order valence-electron chi connectivity index (χ3n) is 5.06. The number of amides is 1. The van der Waals surface area contributed by atoms with E-state index in [0.29, 0.717) is 24.1 Å². The van der Waals surface area contributed by atoms with Gasteiger partial charge in [0.25, 0.3) is 5.56 Å². The maximum absolute atomic E-state index is 13.0. The minimum absolute atomic E-state index is 0.275. The van der Waals surface area contributed by atoms with Crippen LogP contribution in [-0.4, -0.2) is 31.1 Å². The summed E-state index contributed by atoms with van der Waals surface area (Å²) < 4.78 is 3.91. The molecule has 146 valence electrons. The van der Waals surface area contributed by atoms with Crippen LogP contribution >= 0.6 is 11.6 Å². The maximum atomic E-state index is 13.0. The van der Waals surface area contributed by atoms with Crippen LogP contribution in [0.25, 0.3) is 11.2 Å². The van der Waals surface area contributed by atoms with E-state index in [4.69, 9.17) is 17.3 Å². The quantitative estimate of drug-likeness (QED) is 0.699. The molecule has 0 radical (unpaired) electrons. The number of carbonyl (C=O) groups excluding carboxylic acids is 1. The molecule has 1 amide bonds. The van der Waals surface area contributed by atoms with Gasteiger partial charge in [0.15, 0.2) is 11.2 Å². The largest absolute Gasteiger partial charge is 0.368 e. The molecule has 1 aromatic carbocycles. The highest BCUT2D eigenvalue weighted by molar-refractivity contribution is 6.31. The normalized spacial score (nSPS) is 13.8. The molecule has 1 aliphatic rings. The molecule has 0 bridgehead atoms. The number of halogens is 1. The highest BCUT2D eigenvalue weighted by Gasteiger charge is 2.28. The number of rotatable bonds is 3. The zero-order valence-corrected chi connectivity index (χ0v) is 16.2. The summed E-state index contributed by atoms with van der Waals surface area (Å²) in [5.74, 6) is -0.191. The fourth-order valence-corrected chi connectivity index (χ4v) is 3.85. The number of nitrogens with two attached hydrogens (primary N) is 1. The van der Waals surface area contributed by atoms with Gasteiger partial charge in [0.2, 0.25) is 11.9 Å². The summed E-state index contributed by atoms with van der Waals surface area (Å²) in [6.45, 7) is 2.73. The lowest BCUT2D eigenvalue weighted by molar-refractivity contribution is -0.118. The van der Waals surface area contributed by atoms with E-state index in [1.54, 1.807) is 4.57 Å². The predicted molar refractivity (Wildman–Crippen MR) is 106 cm³/mol. The first-order chi connectivity index (χ1) is 13.3. The van der Waals surface area contributed by atoms with Gasteiger partial charge in [-0.1, -0.05) is 17.7 Å². The summed E-state index contributed by atoms with van der Waals surface area (Å²) in [6, 6.07) is 5.63. The summed E-state index contributed by atoms with van der Waals surface area (Å²) in [7, 11) is 1.52. The van der Waals surface area contributed by atoms with Crippen molar-refractivity contribution in [2.45, 2.75) is 26.4 Å². The number of nitrogens with zero attached hydrogens (tertiary/aromatic N) is 5. The van der Waals surface area contributed by atoms with Crippen LogP contribution in [0.15, 0.2) is 27.8 Å². The van der Waals surface area contributed by atoms with Crippen LogP contribution < -0.4 is 21.9 Å². The van der Waals surface area contributed by atoms with Crippen LogP contribution in [0, 0.1) is 6.92 Å². The Bertz CT molecular complexity index is 1240. The summed E-state index contributed by atoms with van der Waals surface area (Å²) in [5.41, 5.74) is 6.37. The van der Waals surface area contributed by atoms with E-state index < -0.39 is 23.7 Å². The molecule has 0 saturated heterocycles. The molecule has 3 heterocycles. The molecular formula is C18H19ClN6O3. The number of anilines is 2. The van der Waals surface area contributed by atoms with Gasteiger partial charge in [0, 0.05) is 30.8 Å². The molecule has 0 aliphatic carbocycles. The molecule has 0 unspecified atom stereocenters. The number of benzene rings is 1. The van der Waals surface area contributed by atoms with E-state index in [2.05, 4.69) is 4.98 Å². The van der Waals surface area contributed by atoms with E-state index in [1.807, 2.05) is 30.0 Å². The number of imidazole rings is 1. The lowest BCUT2D eigenvalue weighted by atomic mass is 10.1. The molecule has 10 heteroatoms. The standard InChI is InChI=1S/C18H19ClN6O3/c1-10-11(19)5-3-6-12(10)23-7-4-8-24-14-15(21-17(23)24)22(2)18(28)25(16(14)27)9-13(20)26/h3,5-6H,4,7-9H2,1-2H3,(H2,20,26). The van der Waals surface area contributed by atoms with Crippen molar-refractivity contribution in [3.05, 3.63) is 49.6 Å². The first-order valence-electron chi connectivity index (χ1n) is 8.82. The minimum Gasteiger partial charge on any atom is -0.368 e. The van der Waals surface area contributed by atoms with Crippen molar-refractivity contribution < 1.29 is 4.79 Å². The van der Waals surface area contributed by atoms with E-state index in [-0.39, 0.29) is 11.2 Å². The highest BCUT2D eigenvalue weighted by atomic mass is 35.5. The lowest BCUT2D eigenvalue weighted by Crippen LogP contribution is -2.42. The SMILES string of the molecule is Cc1c(Cl)cccc1N1CCCn2c1nc1c2c(=O)n(CC(N)=O)c(=O)n1C. The average Bonchev–Trinajstić information content (AvgIpc) is 3.05. The highest BCUT2D eigenvalue weighted by Crippen LogP contribution is 2.35. The molecule has 0 fully saturated rings. The van der Waals surface area contributed by atoms with Crippen molar-refractivity contribution in [3.8, 4) is 0 Å². The van der Waals surface area contributed by atoms with E-state index >= 15 is 0 Å². The maximum Gasteiger partial charge on any atom is 0.332 e. The van der Waals surface area contributed by atoms with Gasteiger partial charge in [-0.05, 0) is 31.0 Å². The Morgan fingerprint density at radius 1 is 1.29 bits per heavy atom. The minimum atomic E-state index is -0.756. The van der Waals surface area contributed by atoms with Crippen molar-refractivity contribution in [2.75, 3.05) is 11.4 Å². The van der Waals surface area contributed by atoms with Crippen molar-refractivity contribution >= 4 is 40.3 Å². The first-order valence-corrected chi connectivity index (χ1v) is 9.20. The van der Waals surface area contributed by atoms with Crippen LogP contribution in [-0.2, 0) is 24.9 Å². The Hall–Kier alpha value is -3.07. The fraction of sp³-hybridized carbons (Fsp3) is 0.333. The number of fused-ring (bicyclic) bond motifs is 3. The van der Waals surface area contributed by atoms with Crippen LogP contribution in [0.2, 0.25) is 5.02 Å². The third kappa shape index (κ3) is 2.62. The molecule has 3 aromatic rings. The van der Waals surface area contributed by atoms with Crippen LogP contribution in [0.3, 0.4) is 0 Å². The molecule has 0 spiro atoms. The van der Waals surface area contributed by atoms with Crippen molar-refractivity contribution in [2.24, 2.45) is 12.8 Å². The summed E-state index contributed by atoms with van der Waals surface area (Å²) >= 11 is 6.28. The van der Waals surface area contributed by atoms with Crippen LogP contribution in [0.5, 0.6) is 0 Å². The Labute approximate surface area is 164 Å². The van der Waals surface area contributed by atoms with Gasteiger partial charge in [-0.25, -0.2) is 9.36 Å². The number of hydrogen-bond donors (Lipinski definition) is 1. The molecular weight excluding hydrogens is 384 g/mol. The Morgan fingerprint density at radius 3 is 2.75 bits per heavy atom. The average molecular weight is 403 g/mol. The molecule has 4 rings (SSSR count). The zero-order valence-electron chi connectivity index (χ0n) is 15.5. The Morgan fingerprint density at radius 2 is 2.04 bits per heavy atom. The predicted octanol–water partition coefficient (Wildman–Crippen LogP) is 0.886. The second kappa shape index (κ2) is 6.52. The van der Waals surface area contributed by atoms with E-state index in [9.17, 15) is 14.4 Å². The van der Waals surface area contributed by atoms with Crippen molar-refractivity contribution in [3.63, 3.8) is 0 Å². The van der Waals surface area contributed by atoms with Gasteiger partial charge in [-0.2, -0.15) is 4.98 Å². The van der Waals surface area contributed by atoms with Gasteiger partial charge in [0.1, 0.15) is 6.54 Å². The van der Waals surface area contributed by atoms with Crippen LogP contribution in [0.1, 0.15) is 12.0 Å². The smallest absolute Gasteiger partial charge is 0.332 e. The second-order valence-electron chi connectivity index (χ2n) is 6.82. The Balaban J connectivity index is 2.01. The Kier molecular flexibility index (Phi) is 4.26. The summed E-state index contributed by atoms with van der Waals surface area (Å²) in [4.78, 5) is 43.4. The van der Waals surface area contributed by atoms with Gasteiger partial charge in [0.05, 0.1) is 0 Å². The molecule has 2 N–H and O–H groups in total. The monoisotopic (exact) mass is 402 g/mol. The van der Waals surface area contributed by atoms with E-state index in [1.165, 1.54) is 11.6 Å². The van der Waals surface area contributed by atoms with E-state index in [0.717, 1.165) is 22.2 Å². The second-order valence-corrected chi connectivity index (χ2v) is 7.23. The summed E-state index contributed by atoms with van der Waals surface area (Å²) in [5, 5.41) is 0.641. The molecule has 1 aliphatic heterocycles. The van der Waals surface area contributed by atoms with Crippen LogP contribution in [0.4, 0.5) is 11.6 Å². The first kappa shape index (κ1) is 18.3.